The van der Waals surface area contributed by atoms with Crippen molar-refractivity contribution in [3.05, 3.63) is 28.6 Å². The van der Waals surface area contributed by atoms with Gasteiger partial charge in [-0.3, -0.25) is 4.79 Å². The van der Waals surface area contributed by atoms with Crippen molar-refractivity contribution in [1.82, 2.24) is 10.3 Å². The number of amides is 1. The maximum absolute atomic E-state index is 12.1. The number of hydrogen-bond donors (Lipinski definition) is 2. The van der Waals surface area contributed by atoms with Gasteiger partial charge in [-0.25, -0.2) is 4.98 Å². The monoisotopic (exact) mass is 310 g/mol. The SMILES string of the molecule is CC(C)CC(CO)NC(=O)c1cnc(-c2cccs2)s1. The van der Waals surface area contributed by atoms with E-state index in [1.165, 1.54) is 11.3 Å². The molecule has 0 saturated heterocycles. The number of aliphatic hydroxyl groups is 1. The van der Waals surface area contributed by atoms with Crippen LogP contribution in [0, 0.1) is 5.92 Å². The molecule has 2 rings (SSSR count). The zero-order chi connectivity index (χ0) is 14.5. The van der Waals surface area contributed by atoms with E-state index in [1.807, 2.05) is 17.5 Å². The summed E-state index contributed by atoms with van der Waals surface area (Å²) in [5, 5.41) is 15.0. The van der Waals surface area contributed by atoms with Gasteiger partial charge in [-0.05, 0) is 23.8 Å². The molecule has 1 amide bonds. The van der Waals surface area contributed by atoms with E-state index in [0.29, 0.717) is 10.8 Å². The highest BCUT2D eigenvalue weighted by molar-refractivity contribution is 7.21. The average Bonchev–Trinajstić information content (AvgIpc) is 3.07. The molecule has 20 heavy (non-hydrogen) atoms. The van der Waals surface area contributed by atoms with Crippen molar-refractivity contribution in [3.8, 4) is 9.88 Å². The van der Waals surface area contributed by atoms with Gasteiger partial charge in [0.15, 0.2) is 0 Å². The zero-order valence-electron chi connectivity index (χ0n) is 11.5. The van der Waals surface area contributed by atoms with Crippen LogP contribution in [0.1, 0.15) is 29.9 Å². The van der Waals surface area contributed by atoms with Gasteiger partial charge in [0.1, 0.15) is 9.88 Å². The van der Waals surface area contributed by atoms with Gasteiger partial charge in [-0.2, -0.15) is 0 Å². The molecule has 0 bridgehead atoms. The Hall–Kier alpha value is -1.24. The van der Waals surface area contributed by atoms with Gasteiger partial charge in [0, 0.05) is 0 Å². The maximum atomic E-state index is 12.1. The van der Waals surface area contributed by atoms with Crippen LogP contribution in [0.5, 0.6) is 0 Å². The predicted molar refractivity (Wildman–Crippen MR) is 83.2 cm³/mol. The lowest BCUT2D eigenvalue weighted by molar-refractivity contribution is 0.0912. The Morgan fingerprint density at radius 2 is 2.30 bits per heavy atom. The van der Waals surface area contributed by atoms with Gasteiger partial charge >= 0.3 is 0 Å². The number of nitrogens with zero attached hydrogens (tertiary/aromatic N) is 1. The number of aromatic nitrogens is 1. The third kappa shape index (κ3) is 3.88. The fourth-order valence-corrected chi connectivity index (χ4v) is 3.52. The number of aliphatic hydroxyl groups excluding tert-OH is 1. The first-order valence-electron chi connectivity index (χ1n) is 6.51. The molecule has 2 aromatic heterocycles. The van der Waals surface area contributed by atoms with Gasteiger partial charge in [0.05, 0.1) is 23.7 Å². The number of carbonyl (C=O) groups is 1. The second-order valence-corrected chi connectivity index (χ2v) is 6.97. The second kappa shape index (κ2) is 6.97. The summed E-state index contributed by atoms with van der Waals surface area (Å²) in [6.45, 7) is 4.09. The Morgan fingerprint density at radius 1 is 1.50 bits per heavy atom. The summed E-state index contributed by atoms with van der Waals surface area (Å²) < 4.78 is 0. The molecule has 0 spiro atoms. The smallest absolute Gasteiger partial charge is 0.263 e. The minimum atomic E-state index is -0.199. The molecule has 108 valence electrons. The Balaban J connectivity index is 2.02. The molecule has 0 aliphatic rings. The van der Waals surface area contributed by atoms with Gasteiger partial charge in [0.2, 0.25) is 0 Å². The summed E-state index contributed by atoms with van der Waals surface area (Å²) >= 11 is 2.98. The number of hydrogen-bond acceptors (Lipinski definition) is 5. The molecule has 6 heteroatoms. The van der Waals surface area contributed by atoms with Crippen molar-refractivity contribution in [2.45, 2.75) is 26.3 Å². The van der Waals surface area contributed by atoms with Crippen molar-refractivity contribution in [2.24, 2.45) is 5.92 Å². The minimum Gasteiger partial charge on any atom is -0.394 e. The van der Waals surface area contributed by atoms with Crippen LogP contribution >= 0.6 is 22.7 Å². The Kier molecular flexibility index (Phi) is 5.28. The normalized spacial score (nSPS) is 12.6. The molecule has 0 aromatic carbocycles. The molecule has 2 heterocycles. The van der Waals surface area contributed by atoms with E-state index in [9.17, 15) is 9.90 Å². The summed E-state index contributed by atoms with van der Waals surface area (Å²) in [5.74, 6) is 0.264. The largest absolute Gasteiger partial charge is 0.394 e. The molecule has 0 saturated carbocycles. The van der Waals surface area contributed by atoms with Crippen LogP contribution in [0.15, 0.2) is 23.7 Å². The van der Waals surface area contributed by atoms with E-state index in [0.717, 1.165) is 16.3 Å². The summed E-state index contributed by atoms with van der Waals surface area (Å²) in [6.07, 6.45) is 2.36. The van der Waals surface area contributed by atoms with Crippen LogP contribution in [0.2, 0.25) is 0 Å². The molecule has 0 aliphatic heterocycles. The average molecular weight is 310 g/mol. The van der Waals surface area contributed by atoms with Gasteiger partial charge in [-0.15, -0.1) is 22.7 Å². The highest BCUT2D eigenvalue weighted by Gasteiger charge is 2.17. The van der Waals surface area contributed by atoms with E-state index in [-0.39, 0.29) is 18.6 Å². The number of thiophene rings is 1. The summed E-state index contributed by atoms with van der Waals surface area (Å²) in [4.78, 5) is 18.1. The maximum Gasteiger partial charge on any atom is 0.263 e. The van der Waals surface area contributed by atoms with Crippen LogP contribution in [0.25, 0.3) is 9.88 Å². The van der Waals surface area contributed by atoms with Crippen molar-refractivity contribution in [2.75, 3.05) is 6.61 Å². The molecule has 1 unspecified atom stereocenters. The molecule has 0 fully saturated rings. The Labute approximate surface area is 126 Å². The fraction of sp³-hybridized carbons (Fsp3) is 0.429. The Morgan fingerprint density at radius 3 is 2.90 bits per heavy atom. The number of rotatable bonds is 6. The highest BCUT2D eigenvalue weighted by Crippen LogP contribution is 2.28. The Bertz CT molecular complexity index is 549. The molecule has 0 radical (unpaired) electrons. The predicted octanol–water partition coefficient (Wildman–Crippen LogP) is 3.01. The summed E-state index contributed by atoms with van der Waals surface area (Å²) in [7, 11) is 0. The zero-order valence-corrected chi connectivity index (χ0v) is 13.1. The van der Waals surface area contributed by atoms with Crippen molar-refractivity contribution in [1.29, 1.82) is 0 Å². The third-order valence-corrected chi connectivity index (χ3v) is 4.81. The van der Waals surface area contributed by atoms with E-state index in [2.05, 4.69) is 24.1 Å². The fourth-order valence-electron chi connectivity index (χ4n) is 1.90. The molecule has 2 N–H and O–H groups in total. The van der Waals surface area contributed by atoms with Crippen molar-refractivity contribution in [3.63, 3.8) is 0 Å². The number of carbonyl (C=O) groups excluding carboxylic acids is 1. The number of thiazole rings is 1. The van der Waals surface area contributed by atoms with E-state index in [4.69, 9.17) is 0 Å². The van der Waals surface area contributed by atoms with Crippen LogP contribution < -0.4 is 5.32 Å². The molecular formula is C14H18N2O2S2. The standard InChI is InChI=1S/C14H18N2O2S2/c1-9(2)6-10(8-17)16-13(18)12-7-15-14(20-12)11-4-3-5-19-11/h3-5,7,9-10,17H,6,8H2,1-2H3,(H,16,18). The lowest BCUT2D eigenvalue weighted by Crippen LogP contribution is -2.38. The lowest BCUT2D eigenvalue weighted by atomic mass is 10.0. The minimum absolute atomic E-state index is 0.0412. The van der Waals surface area contributed by atoms with E-state index in [1.54, 1.807) is 17.5 Å². The van der Waals surface area contributed by atoms with Crippen LogP contribution in [-0.4, -0.2) is 28.6 Å². The first-order valence-corrected chi connectivity index (χ1v) is 8.21. The summed E-state index contributed by atoms with van der Waals surface area (Å²) in [6, 6.07) is 3.75. The summed E-state index contributed by atoms with van der Waals surface area (Å²) in [5.41, 5.74) is 0. The van der Waals surface area contributed by atoms with Gasteiger partial charge in [-0.1, -0.05) is 19.9 Å². The van der Waals surface area contributed by atoms with E-state index < -0.39 is 0 Å². The molecule has 4 nitrogen and oxygen atoms in total. The van der Waals surface area contributed by atoms with Gasteiger partial charge < -0.3 is 10.4 Å². The first kappa shape index (κ1) is 15.2. The van der Waals surface area contributed by atoms with Crippen molar-refractivity contribution < 1.29 is 9.90 Å². The quantitative estimate of drug-likeness (QED) is 0.862. The molecule has 1 atom stereocenters. The molecule has 2 aromatic rings. The topological polar surface area (TPSA) is 62.2 Å². The lowest BCUT2D eigenvalue weighted by Gasteiger charge is -2.17. The second-order valence-electron chi connectivity index (χ2n) is 4.99. The number of nitrogens with one attached hydrogen (secondary N) is 1. The molecular weight excluding hydrogens is 292 g/mol. The highest BCUT2D eigenvalue weighted by atomic mass is 32.1. The van der Waals surface area contributed by atoms with Gasteiger partial charge in [0.25, 0.3) is 5.91 Å². The van der Waals surface area contributed by atoms with Crippen LogP contribution in [-0.2, 0) is 0 Å². The van der Waals surface area contributed by atoms with Crippen molar-refractivity contribution >= 4 is 28.6 Å². The first-order chi connectivity index (χ1) is 9.60. The van der Waals surface area contributed by atoms with E-state index >= 15 is 0 Å². The third-order valence-electron chi connectivity index (χ3n) is 2.77. The molecule has 0 aliphatic carbocycles. The van der Waals surface area contributed by atoms with Crippen LogP contribution in [0.3, 0.4) is 0 Å². The van der Waals surface area contributed by atoms with Crippen LogP contribution in [0.4, 0.5) is 0 Å².